The molecule has 443 valence electrons. The van der Waals surface area contributed by atoms with Gasteiger partial charge in [-0.15, -0.1) is 35.4 Å². The van der Waals surface area contributed by atoms with Gasteiger partial charge in [0.2, 0.25) is 5.88 Å². The third kappa shape index (κ3) is 20.2. The van der Waals surface area contributed by atoms with Crippen LogP contribution < -0.4 is 9.64 Å². The van der Waals surface area contributed by atoms with E-state index in [1.807, 2.05) is 210 Å². The van der Waals surface area contributed by atoms with Crippen molar-refractivity contribution in [2.75, 3.05) is 26.1 Å². The van der Waals surface area contributed by atoms with Gasteiger partial charge in [0.25, 0.3) is 0 Å². The number of nitrogens with zero attached hydrogens (tertiary/aromatic N) is 11. The molecule has 0 spiro atoms. The number of anilines is 1. The van der Waals surface area contributed by atoms with Crippen molar-refractivity contribution in [3.8, 4) is 45.6 Å². The van der Waals surface area contributed by atoms with Crippen LogP contribution >= 0.6 is 0 Å². The molecule has 17 heteroatoms. The molecule has 0 aliphatic heterocycles. The number of aryl methyl sites for hydroxylation is 6. The molecule has 0 unspecified atom stereocenters. The van der Waals surface area contributed by atoms with Crippen LogP contribution in [-0.2, 0) is 101 Å². The zero-order valence-corrected chi connectivity index (χ0v) is 59.9. The predicted octanol–water partition coefficient (Wildman–Crippen LogP) is 14.0. The van der Waals surface area contributed by atoms with Gasteiger partial charge in [-0.05, 0) is 105 Å². The Morgan fingerprint density at radius 2 is 0.795 bits per heavy atom. The van der Waals surface area contributed by atoms with Crippen molar-refractivity contribution in [2.45, 2.75) is 79.6 Å². The molecule has 0 bridgehead atoms. The zero-order chi connectivity index (χ0) is 54.8. The Bertz CT molecular complexity index is 3510. The van der Waals surface area contributed by atoms with Crippen LogP contribution in [0.15, 0.2) is 183 Å². The maximum Gasteiger partial charge on any atom is 0.235 e. The van der Waals surface area contributed by atoms with Gasteiger partial charge in [0, 0.05) is 162 Å². The number of aromatic nitrogens is 10. The summed E-state index contributed by atoms with van der Waals surface area (Å²) in [6.07, 6.45) is 17.0. The van der Waals surface area contributed by atoms with E-state index in [2.05, 4.69) is 108 Å². The van der Waals surface area contributed by atoms with E-state index < -0.39 is 0 Å². The van der Waals surface area contributed by atoms with Gasteiger partial charge in [-0.2, -0.15) is 142 Å². The van der Waals surface area contributed by atoms with Gasteiger partial charge in [0.15, 0.2) is 5.82 Å². The third-order valence-corrected chi connectivity index (χ3v) is 13.1. The van der Waals surface area contributed by atoms with E-state index in [0.29, 0.717) is 5.88 Å². The maximum absolute atomic E-state index is 5.10. The summed E-state index contributed by atoms with van der Waals surface area (Å²) in [6.45, 7) is 12.3. The van der Waals surface area contributed by atoms with Crippen molar-refractivity contribution in [3.63, 3.8) is 0 Å². The Morgan fingerprint density at radius 1 is 0.410 bits per heavy atom. The molecule has 1 aliphatic rings. The monoisotopic (exact) mass is 2000 g/mol. The van der Waals surface area contributed by atoms with Gasteiger partial charge in [0.1, 0.15) is 0 Å². The molecule has 6 aromatic carbocycles. The standard InChI is InChI=1S/C16H19N2.C16H13N2.C12H14N3.C11H11N2O.C11H11N2.5Ir/c1-13-16(14-8-4-2-5-9-14)12-18(17-13)15-10-6-3-7-11-15;1-13-12-18(15-10-6-3-7-11-15)17-16(13)14-8-4-2-5-9-14;1-10-9-15(13-12(10)14(2)3)11-7-5-4-6-8-11;1-9-8-13(12-11(9)14-2)10-6-4-3-5-7-10;1-9-8-13(12-10(9)2)11-6-4-3-5-7-11;;;;;/h3,6-7,10,12,14H,2,4-5,8-9H2,1H3;2-10,12H,1H3;4-7,9H,1-3H3;3-6,8H,1-2H3;3-6,8H,1-2H3;;;;;/q5*-1;;;;;. The van der Waals surface area contributed by atoms with Crippen LogP contribution in [0.25, 0.3) is 39.7 Å². The van der Waals surface area contributed by atoms with Crippen molar-refractivity contribution < 1.29 is 105 Å². The Kier molecular flexibility index (Phi) is 31.1. The van der Waals surface area contributed by atoms with Crippen molar-refractivity contribution in [1.29, 1.82) is 0 Å². The fourth-order valence-electron chi connectivity index (χ4n) is 8.96. The molecule has 5 radical (unpaired) electrons. The number of hydrogen-bond donors (Lipinski definition) is 0. The van der Waals surface area contributed by atoms with E-state index in [-0.39, 0.29) is 101 Å². The molecule has 0 atom stereocenters. The SMILES string of the molecule is COc1nn(-c2[c-]cccc2)cc1C.Cc1cn(-c2[c-]cccc2)nc1-c1ccccc1.Cc1cn(-c2[c-]cccc2)nc1C.Cc1cn(-c2[c-]cccc2)nc1N(C)C.Cc1nn(-c2[c-]cccc2)cc1C1CCCCC1.[Ir].[Ir].[Ir].[Ir].[Ir]. The smallest absolute Gasteiger partial charge is 0.235 e. The fraction of sp³-hybridized carbons (Fsp3) is 0.227. The molecule has 12 nitrogen and oxygen atoms in total. The predicted molar refractivity (Wildman–Crippen MR) is 313 cm³/mol. The molecule has 0 amide bonds. The number of rotatable bonds is 9. The van der Waals surface area contributed by atoms with E-state index in [9.17, 15) is 0 Å². The summed E-state index contributed by atoms with van der Waals surface area (Å²) in [6, 6.07) is 65.2. The molecule has 1 saturated carbocycles. The minimum Gasteiger partial charge on any atom is -0.480 e. The largest absolute Gasteiger partial charge is 0.480 e. The van der Waals surface area contributed by atoms with Crippen molar-refractivity contribution in [1.82, 2.24) is 48.9 Å². The molecule has 5 heterocycles. The van der Waals surface area contributed by atoms with Crippen molar-refractivity contribution in [2.24, 2.45) is 0 Å². The summed E-state index contributed by atoms with van der Waals surface area (Å²) in [5, 5.41) is 22.4. The van der Waals surface area contributed by atoms with Crippen LogP contribution in [0.2, 0.25) is 0 Å². The number of para-hydroxylation sites is 5. The molecular formula is C66H68Ir5N11O-5. The van der Waals surface area contributed by atoms with Gasteiger partial charge in [-0.25, -0.2) is 0 Å². The van der Waals surface area contributed by atoms with Gasteiger partial charge in [-0.3, -0.25) is 23.4 Å². The Balaban J connectivity index is 0.000000269. The van der Waals surface area contributed by atoms with E-state index in [0.717, 1.165) is 68.3 Å². The van der Waals surface area contributed by atoms with Crippen molar-refractivity contribution in [3.05, 3.63) is 252 Å². The topological polar surface area (TPSA) is 102 Å². The minimum atomic E-state index is 0. The summed E-state index contributed by atoms with van der Waals surface area (Å²) in [5.74, 6) is 2.37. The Morgan fingerprint density at radius 3 is 1.19 bits per heavy atom. The van der Waals surface area contributed by atoms with Gasteiger partial charge in [0.05, 0.1) is 24.2 Å². The van der Waals surface area contributed by atoms with Crippen LogP contribution in [0.5, 0.6) is 5.88 Å². The van der Waals surface area contributed by atoms with Gasteiger partial charge < -0.3 is 9.64 Å². The van der Waals surface area contributed by atoms with Crippen LogP contribution in [0, 0.1) is 71.9 Å². The van der Waals surface area contributed by atoms with E-state index >= 15 is 0 Å². The Hall–Kier alpha value is -5.78. The second kappa shape index (κ2) is 36.1. The third-order valence-electron chi connectivity index (χ3n) is 13.1. The van der Waals surface area contributed by atoms with Crippen LogP contribution in [0.3, 0.4) is 0 Å². The van der Waals surface area contributed by atoms with E-state index in [1.54, 1.807) is 11.8 Å². The molecule has 83 heavy (non-hydrogen) atoms. The number of benzene rings is 6. The molecular weight excluding hydrogens is 1920 g/mol. The first-order valence-corrected chi connectivity index (χ1v) is 26.4. The summed E-state index contributed by atoms with van der Waals surface area (Å²) in [4.78, 5) is 2.01. The first-order chi connectivity index (χ1) is 37.9. The van der Waals surface area contributed by atoms with E-state index in [4.69, 9.17) is 4.74 Å². The molecule has 12 rings (SSSR count). The average molecular weight is 1990 g/mol. The number of ether oxygens (including phenoxy) is 1. The quantitative estimate of drug-likeness (QED) is 0.133. The fourth-order valence-corrected chi connectivity index (χ4v) is 8.96. The second-order valence-electron chi connectivity index (χ2n) is 19.2. The maximum atomic E-state index is 5.10. The van der Waals surface area contributed by atoms with Crippen LogP contribution in [-0.4, -0.2) is 70.1 Å². The molecule has 1 fully saturated rings. The second-order valence-corrected chi connectivity index (χ2v) is 19.2. The van der Waals surface area contributed by atoms with Crippen LogP contribution in [0.4, 0.5) is 5.82 Å². The first-order valence-electron chi connectivity index (χ1n) is 26.4. The van der Waals surface area contributed by atoms with Gasteiger partial charge in [-0.1, -0.05) is 49.6 Å². The number of methoxy groups -OCH3 is 1. The molecule has 5 aromatic heterocycles. The van der Waals surface area contributed by atoms with Crippen molar-refractivity contribution >= 4 is 5.82 Å². The summed E-state index contributed by atoms with van der Waals surface area (Å²) < 4.78 is 14.4. The van der Waals surface area contributed by atoms with Crippen LogP contribution in [0.1, 0.15) is 77.2 Å². The average Bonchev–Trinajstić information content (AvgIpc) is 4.49. The number of hydrogen-bond acceptors (Lipinski definition) is 7. The normalized spacial score (nSPS) is 11.1. The molecule has 11 aromatic rings. The zero-order valence-electron chi connectivity index (χ0n) is 47.9. The van der Waals surface area contributed by atoms with E-state index in [1.165, 1.54) is 54.5 Å². The molecule has 1 aliphatic carbocycles. The van der Waals surface area contributed by atoms with Gasteiger partial charge >= 0.3 is 0 Å². The minimum absolute atomic E-state index is 0. The summed E-state index contributed by atoms with van der Waals surface area (Å²) in [7, 11) is 5.61. The molecule has 0 N–H and O–H groups in total. The summed E-state index contributed by atoms with van der Waals surface area (Å²) in [5.41, 5.74) is 15.3. The Labute approximate surface area is 558 Å². The first kappa shape index (κ1) is 71.5. The molecule has 0 saturated heterocycles. The summed E-state index contributed by atoms with van der Waals surface area (Å²) >= 11 is 0.